The number of methoxy groups -OCH3 is 3. The second kappa shape index (κ2) is 12.3. The van der Waals surface area contributed by atoms with E-state index >= 15 is 0 Å². The number of amides is 2. The predicted octanol–water partition coefficient (Wildman–Crippen LogP) is 2.99. The van der Waals surface area contributed by atoms with E-state index in [1.54, 1.807) is 12.1 Å². The summed E-state index contributed by atoms with van der Waals surface area (Å²) >= 11 is 0. The van der Waals surface area contributed by atoms with E-state index in [1.807, 2.05) is 12.1 Å². The molecule has 3 rings (SSSR count). The third-order valence-corrected chi connectivity index (χ3v) is 6.13. The molecule has 2 aromatic rings. The number of likely N-dealkylation sites (tertiary alicyclic amines) is 1. The Morgan fingerprint density at radius 2 is 1.50 bits per heavy atom. The molecule has 0 aromatic heterocycles. The summed E-state index contributed by atoms with van der Waals surface area (Å²) in [6.07, 6.45) is 2.53. The summed E-state index contributed by atoms with van der Waals surface area (Å²) in [6.45, 7) is 5.86. The lowest BCUT2D eigenvalue weighted by molar-refractivity contribution is -0.120. The van der Waals surface area contributed by atoms with Crippen molar-refractivity contribution >= 4 is 11.8 Å². The van der Waals surface area contributed by atoms with Crippen LogP contribution in [-0.2, 0) is 17.9 Å². The average molecular weight is 470 g/mol. The third-order valence-electron chi connectivity index (χ3n) is 6.13. The standard InChI is InChI=1S/C26H35N3O5/c1-18-9-11-29(12-10-18)17-20-7-5-19(6-8-20)15-27-24(30)16-28-26(31)21-13-22(32-2)25(34-4)23(14-21)33-3/h5-8,13-14,18H,9-12,15-17H2,1-4H3,(H,27,30)(H,28,31). The van der Waals surface area contributed by atoms with Crippen molar-refractivity contribution < 1.29 is 23.8 Å². The molecule has 0 unspecified atom stereocenters. The second-order valence-electron chi connectivity index (χ2n) is 8.65. The minimum atomic E-state index is -0.411. The minimum Gasteiger partial charge on any atom is -0.493 e. The topological polar surface area (TPSA) is 89.1 Å². The van der Waals surface area contributed by atoms with E-state index in [4.69, 9.17) is 14.2 Å². The van der Waals surface area contributed by atoms with Crippen LogP contribution in [0.1, 0.15) is 41.3 Å². The molecule has 1 aliphatic heterocycles. The highest BCUT2D eigenvalue weighted by atomic mass is 16.5. The number of ether oxygens (including phenoxy) is 3. The van der Waals surface area contributed by atoms with Gasteiger partial charge in [-0.2, -0.15) is 0 Å². The number of nitrogens with zero attached hydrogens (tertiary/aromatic N) is 1. The van der Waals surface area contributed by atoms with Crippen molar-refractivity contribution in [3.8, 4) is 17.2 Å². The quantitative estimate of drug-likeness (QED) is 0.556. The van der Waals surface area contributed by atoms with E-state index in [2.05, 4.69) is 34.6 Å². The molecule has 34 heavy (non-hydrogen) atoms. The molecule has 1 fully saturated rings. The van der Waals surface area contributed by atoms with Gasteiger partial charge in [0.05, 0.1) is 27.9 Å². The summed E-state index contributed by atoms with van der Waals surface area (Å²) in [5, 5.41) is 5.47. The molecule has 2 aromatic carbocycles. The molecule has 0 spiro atoms. The lowest BCUT2D eigenvalue weighted by Gasteiger charge is -2.30. The number of nitrogens with one attached hydrogen (secondary N) is 2. The van der Waals surface area contributed by atoms with Crippen LogP contribution in [0.3, 0.4) is 0 Å². The SMILES string of the molecule is COc1cc(C(=O)NCC(=O)NCc2ccc(CN3CCC(C)CC3)cc2)cc(OC)c1OC. The molecule has 0 atom stereocenters. The summed E-state index contributed by atoms with van der Waals surface area (Å²) in [5.41, 5.74) is 2.60. The first-order valence-corrected chi connectivity index (χ1v) is 11.6. The molecule has 1 aliphatic rings. The van der Waals surface area contributed by atoms with Crippen LogP contribution in [0.25, 0.3) is 0 Å². The molecule has 1 saturated heterocycles. The smallest absolute Gasteiger partial charge is 0.251 e. The first kappa shape index (κ1) is 25.4. The fraction of sp³-hybridized carbons (Fsp3) is 0.462. The van der Waals surface area contributed by atoms with Crippen LogP contribution in [-0.4, -0.2) is 57.7 Å². The molecule has 8 heteroatoms. The first-order chi connectivity index (χ1) is 16.4. The Labute approximate surface area is 201 Å². The van der Waals surface area contributed by atoms with Gasteiger partial charge in [0.1, 0.15) is 0 Å². The van der Waals surface area contributed by atoms with Crippen LogP contribution in [0.2, 0.25) is 0 Å². The highest BCUT2D eigenvalue weighted by Gasteiger charge is 2.18. The van der Waals surface area contributed by atoms with Crippen molar-refractivity contribution in [1.29, 1.82) is 0 Å². The summed E-state index contributed by atoms with van der Waals surface area (Å²) in [5.74, 6) is 1.28. The van der Waals surface area contributed by atoms with E-state index < -0.39 is 5.91 Å². The molecule has 1 heterocycles. The molecular formula is C26H35N3O5. The highest BCUT2D eigenvalue weighted by molar-refractivity contribution is 5.97. The van der Waals surface area contributed by atoms with Gasteiger partial charge >= 0.3 is 0 Å². The van der Waals surface area contributed by atoms with Gasteiger partial charge in [0, 0.05) is 18.7 Å². The third kappa shape index (κ3) is 6.87. The number of hydrogen-bond acceptors (Lipinski definition) is 6. The van der Waals surface area contributed by atoms with E-state index in [1.165, 1.54) is 39.7 Å². The van der Waals surface area contributed by atoms with Crippen molar-refractivity contribution in [3.63, 3.8) is 0 Å². The fourth-order valence-corrected chi connectivity index (χ4v) is 3.98. The van der Waals surface area contributed by atoms with Gasteiger partial charge in [-0.3, -0.25) is 14.5 Å². The summed E-state index contributed by atoms with van der Waals surface area (Å²) in [4.78, 5) is 27.3. The van der Waals surface area contributed by atoms with E-state index in [-0.39, 0.29) is 12.5 Å². The van der Waals surface area contributed by atoms with Crippen LogP contribution in [0.5, 0.6) is 17.2 Å². The predicted molar refractivity (Wildman–Crippen MR) is 130 cm³/mol. The minimum absolute atomic E-state index is 0.138. The maximum absolute atomic E-state index is 12.5. The molecule has 0 bridgehead atoms. The van der Waals surface area contributed by atoms with Gasteiger partial charge in [0.25, 0.3) is 5.91 Å². The number of hydrogen-bond donors (Lipinski definition) is 2. The van der Waals surface area contributed by atoms with Crippen molar-refractivity contribution in [3.05, 3.63) is 53.1 Å². The summed E-state index contributed by atoms with van der Waals surface area (Å²) < 4.78 is 15.8. The maximum atomic E-state index is 12.5. The number of benzene rings is 2. The Kier molecular flexibility index (Phi) is 9.16. The van der Waals surface area contributed by atoms with Crippen LogP contribution >= 0.6 is 0 Å². The highest BCUT2D eigenvalue weighted by Crippen LogP contribution is 2.38. The number of carbonyl (C=O) groups excluding carboxylic acids is 2. The molecule has 2 N–H and O–H groups in total. The number of carbonyl (C=O) groups is 2. The second-order valence-corrected chi connectivity index (χ2v) is 8.65. The Morgan fingerprint density at radius 1 is 0.912 bits per heavy atom. The van der Waals surface area contributed by atoms with Gasteiger partial charge in [-0.15, -0.1) is 0 Å². The van der Waals surface area contributed by atoms with Gasteiger partial charge in [-0.05, 0) is 55.1 Å². The zero-order valence-electron chi connectivity index (χ0n) is 20.5. The van der Waals surface area contributed by atoms with Gasteiger partial charge in [0.15, 0.2) is 11.5 Å². The molecule has 2 amide bonds. The van der Waals surface area contributed by atoms with Gasteiger partial charge in [0.2, 0.25) is 11.7 Å². The first-order valence-electron chi connectivity index (χ1n) is 11.6. The van der Waals surface area contributed by atoms with Crippen LogP contribution in [0.15, 0.2) is 36.4 Å². The Balaban J connectivity index is 1.46. The average Bonchev–Trinajstić information content (AvgIpc) is 2.87. The van der Waals surface area contributed by atoms with E-state index in [0.29, 0.717) is 29.4 Å². The zero-order chi connectivity index (χ0) is 24.5. The molecule has 184 valence electrons. The molecule has 0 aliphatic carbocycles. The van der Waals surface area contributed by atoms with Crippen molar-refractivity contribution in [2.45, 2.75) is 32.9 Å². The van der Waals surface area contributed by atoms with Crippen molar-refractivity contribution in [2.75, 3.05) is 41.0 Å². The van der Waals surface area contributed by atoms with Crippen LogP contribution < -0.4 is 24.8 Å². The molecule has 0 radical (unpaired) electrons. The maximum Gasteiger partial charge on any atom is 0.251 e. The molecule has 8 nitrogen and oxygen atoms in total. The fourth-order valence-electron chi connectivity index (χ4n) is 3.98. The Morgan fingerprint density at radius 3 is 2.06 bits per heavy atom. The van der Waals surface area contributed by atoms with E-state index in [9.17, 15) is 9.59 Å². The lowest BCUT2D eigenvalue weighted by Crippen LogP contribution is -2.36. The van der Waals surface area contributed by atoms with Gasteiger partial charge < -0.3 is 24.8 Å². The summed E-state index contributed by atoms with van der Waals surface area (Å²) in [7, 11) is 4.45. The van der Waals surface area contributed by atoms with Crippen LogP contribution in [0, 0.1) is 5.92 Å². The van der Waals surface area contributed by atoms with Gasteiger partial charge in [-0.25, -0.2) is 0 Å². The van der Waals surface area contributed by atoms with E-state index in [0.717, 1.165) is 31.1 Å². The molecular weight excluding hydrogens is 434 g/mol. The van der Waals surface area contributed by atoms with Crippen LogP contribution in [0.4, 0.5) is 0 Å². The zero-order valence-corrected chi connectivity index (χ0v) is 20.5. The van der Waals surface area contributed by atoms with Crippen molar-refractivity contribution in [2.24, 2.45) is 5.92 Å². The number of rotatable bonds is 10. The largest absolute Gasteiger partial charge is 0.493 e. The summed E-state index contributed by atoms with van der Waals surface area (Å²) in [6, 6.07) is 11.4. The van der Waals surface area contributed by atoms with Gasteiger partial charge in [-0.1, -0.05) is 31.2 Å². The lowest BCUT2D eigenvalue weighted by atomic mass is 9.99. The molecule has 0 saturated carbocycles. The normalized spacial score (nSPS) is 14.4. The van der Waals surface area contributed by atoms with Crippen molar-refractivity contribution in [1.82, 2.24) is 15.5 Å². The Bertz CT molecular complexity index is 944. The number of piperidine rings is 1. The Hall–Kier alpha value is -3.26. The monoisotopic (exact) mass is 469 g/mol.